The minimum Gasteiger partial charge on any atom is -0.394 e. The highest BCUT2D eigenvalue weighted by molar-refractivity contribution is 4.92. The lowest BCUT2D eigenvalue weighted by Gasteiger charge is -2.45. The van der Waals surface area contributed by atoms with Gasteiger partial charge in [-0.1, -0.05) is 13.8 Å². The molecule has 0 bridgehead atoms. The monoisotopic (exact) mass is 352 g/mol. The molecule has 6 N–H and O–H groups in total. The van der Waals surface area contributed by atoms with Crippen molar-refractivity contribution in [2.24, 2.45) is 5.92 Å². The Labute approximate surface area is 140 Å². The normalized spacial score (nSPS) is 47.1. The van der Waals surface area contributed by atoms with Gasteiger partial charge in [0.05, 0.1) is 25.4 Å². The zero-order valence-electron chi connectivity index (χ0n) is 13.8. The van der Waals surface area contributed by atoms with E-state index in [2.05, 4.69) is 0 Å². The van der Waals surface area contributed by atoms with Gasteiger partial charge in [0.1, 0.15) is 36.6 Å². The van der Waals surface area contributed by atoms with Crippen LogP contribution in [0.4, 0.5) is 0 Å². The van der Waals surface area contributed by atoms with Crippen LogP contribution in [0.2, 0.25) is 0 Å². The van der Waals surface area contributed by atoms with Gasteiger partial charge in [0.25, 0.3) is 0 Å². The van der Waals surface area contributed by atoms with Crippen LogP contribution in [-0.4, -0.2) is 99.0 Å². The topological polar surface area (TPSA) is 149 Å². The molecule has 2 heterocycles. The predicted octanol–water partition coefficient (Wildman–Crippen LogP) is -2.66. The van der Waals surface area contributed by atoms with E-state index >= 15 is 0 Å². The number of hydrogen-bond donors (Lipinski definition) is 6. The number of aliphatic hydroxyl groups is 6. The molecule has 0 spiro atoms. The Balaban J connectivity index is 2.09. The van der Waals surface area contributed by atoms with Crippen LogP contribution in [0.5, 0.6) is 0 Å². The maximum Gasteiger partial charge on any atom is 0.187 e. The summed E-state index contributed by atoms with van der Waals surface area (Å²) in [5.41, 5.74) is 0. The second-order valence-corrected chi connectivity index (χ2v) is 6.74. The van der Waals surface area contributed by atoms with Crippen molar-refractivity contribution >= 4 is 0 Å². The number of aliphatic hydroxyl groups excluding tert-OH is 6. The largest absolute Gasteiger partial charge is 0.394 e. The van der Waals surface area contributed by atoms with Gasteiger partial charge in [-0.25, -0.2) is 0 Å². The van der Waals surface area contributed by atoms with E-state index in [9.17, 15) is 30.6 Å². The molecule has 2 fully saturated rings. The molecule has 2 rings (SSSR count). The molecule has 0 aromatic carbocycles. The lowest BCUT2D eigenvalue weighted by molar-refractivity contribution is -0.329. The van der Waals surface area contributed by atoms with Crippen LogP contribution >= 0.6 is 0 Å². The van der Waals surface area contributed by atoms with Crippen molar-refractivity contribution in [1.82, 2.24) is 0 Å². The molecule has 0 radical (unpaired) electrons. The first kappa shape index (κ1) is 20.0. The second kappa shape index (κ2) is 8.35. The van der Waals surface area contributed by atoms with Crippen molar-refractivity contribution < 1.29 is 44.8 Å². The number of ether oxygens (including phenoxy) is 3. The molecule has 9 heteroatoms. The zero-order chi connectivity index (χ0) is 18.0. The van der Waals surface area contributed by atoms with Gasteiger partial charge in [0.15, 0.2) is 6.29 Å². The Morgan fingerprint density at radius 3 is 2.00 bits per heavy atom. The lowest BCUT2D eigenvalue weighted by atomic mass is 9.92. The minimum atomic E-state index is -1.55. The summed E-state index contributed by atoms with van der Waals surface area (Å²) in [6.45, 7) is 2.91. The first-order valence-electron chi connectivity index (χ1n) is 8.20. The van der Waals surface area contributed by atoms with Crippen LogP contribution in [0.15, 0.2) is 0 Å². The fourth-order valence-corrected chi connectivity index (χ4v) is 3.04. The van der Waals surface area contributed by atoms with Gasteiger partial charge >= 0.3 is 0 Å². The molecular formula is C15H28O9. The third-order valence-corrected chi connectivity index (χ3v) is 4.66. The van der Waals surface area contributed by atoms with Crippen LogP contribution in [0.1, 0.15) is 20.3 Å². The summed E-state index contributed by atoms with van der Waals surface area (Å²) in [7, 11) is 0. The Morgan fingerprint density at radius 2 is 1.46 bits per heavy atom. The highest BCUT2D eigenvalue weighted by atomic mass is 16.7. The van der Waals surface area contributed by atoms with Crippen molar-refractivity contribution in [2.45, 2.75) is 75.4 Å². The highest BCUT2D eigenvalue weighted by Gasteiger charge is 2.47. The summed E-state index contributed by atoms with van der Waals surface area (Å²) in [4.78, 5) is 0. The Kier molecular flexibility index (Phi) is 6.94. The Bertz CT molecular complexity index is 391. The van der Waals surface area contributed by atoms with Crippen molar-refractivity contribution in [2.75, 3.05) is 13.2 Å². The molecule has 24 heavy (non-hydrogen) atoms. The third kappa shape index (κ3) is 4.06. The summed E-state index contributed by atoms with van der Waals surface area (Å²) in [6.07, 6.45) is -9.70. The molecular weight excluding hydrogens is 324 g/mol. The Hall–Kier alpha value is -0.360. The average molecular weight is 352 g/mol. The van der Waals surface area contributed by atoms with Gasteiger partial charge in [-0.3, -0.25) is 0 Å². The molecule has 2 aliphatic rings. The fraction of sp³-hybridized carbons (Fsp3) is 1.00. The minimum absolute atomic E-state index is 0.118. The predicted molar refractivity (Wildman–Crippen MR) is 79.8 cm³/mol. The summed E-state index contributed by atoms with van der Waals surface area (Å²) in [5, 5.41) is 58.5. The van der Waals surface area contributed by atoms with Crippen molar-refractivity contribution in [3.63, 3.8) is 0 Å². The first-order chi connectivity index (χ1) is 11.3. The van der Waals surface area contributed by atoms with Gasteiger partial charge in [-0.15, -0.1) is 0 Å². The number of rotatable bonds is 5. The summed E-state index contributed by atoms with van der Waals surface area (Å²) < 4.78 is 16.5. The maximum atomic E-state index is 10.3. The fourth-order valence-electron chi connectivity index (χ4n) is 3.04. The van der Waals surface area contributed by atoms with Crippen molar-refractivity contribution in [1.29, 1.82) is 0 Å². The average Bonchev–Trinajstić information content (AvgIpc) is 2.56. The standard InChI is InChI=1S/C15H28O9/c1-6(2)7-3-8(11(18)9(4-16)22-7)23-15-14(21)13(20)12(19)10(5-17)24-15/h6-21H,3-5H2,1-2H3/t7?,8-,9-,10-,11+,12-,13+,14-,15-/m1/s1. The van der Waals surface area contributed by atoms with E-state index in [1.54, 1.807) is 0 Å². The van der Waals surface area contributed by atoms with Gasteiger partial charge in [-0.2, -0.15) is 0 Å². The number of hydrogen-bond acceptors (Lipinski definition) is 9. The van der Waals surface area contributed by atoms with E-state index in [1.807, 2.05) is 13.8 Å². The molecule has 2 aliphatic heterocycles. The van der Waals surface area contributed by atoms with E-state index in [0.717, 1.165) is 0 Å². The van der Waals surface area contributed by atoms with E-state index in [-0.39, 0.29) is 18.6 Å². The van der Waals surface area contributed by atoms with Crippen LogP contribution in [-0.2, 0) is 14.2 Å². The summed E-state index contributed by atoms with van der Waals surface area (Å²) in [5.74, 6) is 0.118. The zero-order valence-corrected chi connectivity index (χ0v) is 13.8. The molecule has 2 saturated heterocycles. The van der Waals surface area contributed by atoms with Crippen molar-refractivity contribution in [3.05, 3.63) is 0 Å². The molecule has 9 nitrogen and oxygen atoms in total. The van der Waals surface area contributed by atoms with E-state index in [4.69, 9.17) is 14.2 Å². The molecule has 0 amide bonds. The Morgan fingerprint density at radius 1 is 0.875 bits per heavy atom. The molecule has 0 aromatic heterocycles. The lowest BCUT2D eigenvalue weighted by Crippen LogP contribution is -2.61. The molecule has 1 unspecified atom stereocenters. The van der Waals surface area contributed by atoms with Gasteiger partial charge in [0.2, 0.25) is 0 Å². The smallest absolute Gasteiger partial charge is 0.187 e. The second-order valence-electron chi connectivity index (χ2n) is 6.74. The third-order valence-electron chi connectivity index (χ3n) is 4.66. The van der Waals surface area contributed by atoms with E-state index < -0.39 is 55.6 Å². The maximum absolute atomic E-state index is 10.3. The van der Waals surface area contributed by atoms with Crippen LogP contribution in [0.3, 0.4) is 0 Å². The quantitative estimate of drug-likeness (QED) is 0.312. The summed E-state index contributed by atoms with van der Waals surface area (Å²) in [6, 6.07) is 0. The van der Waals surface area contributed by atoms with Gasteiger partial charge in [0, 0.05) is 6.42 Å². The summed E-state index contributed by atoms with van der Waals surface area (Å²) >= 11 is 0. The molecule has 0 aliphatic carbocycles. The van der Waals surface area contributed by atoms with Crippen LogP contribution in [0.25, 0.3) is 0 Å². The molecule has 0 saturated carbocycles. The van der Waals surface area contributed by atoms with E-state index in [0.29, 0.717) is 6.42 Å². The van der Waals surface area contributed by atoms with Gasteiger partial charge in [-0.05, 0) is 5.92 Å². The van der Waals surface area contributed by atoms with Crippen molar-refractivity contribution in [3.8, 4) is 0 Å². The van der Waals surface area contributed by atoms with Crippen LogP contribution in [0, 0.1) is 5.92 Å². The molecule has 9 atom stereocenters. The highest BCUT2D eigenvalue weighted by Crippen LogP contribution is 2.30. The first-order valence-corrected chi connectivity index (χ1v) is 8.20. The van der Waals surface area contributed by atoms with E-state index in [1.165, 1.54) is 0 Å². The SMILES string of the molecule is CC(C)C1C[C@@H](O[C@@H]2O[C@H](CO)[C@@H](O)[C@H](O)[C@H]2O)[C@H](O)[C@@H](CO)O1. The molecule has 142 valence electrons. The van der Waals surface area contributed by atoms with Crippen LogP contribution < -0.4 is 0 Å². The molecule has 0 aromatic rings. The van der Waals surface area contributed by atoms with Gasteiger partial charge < -0.3 is 44.8 Å².